The summed E-state index contributed by atoms with van der Waals surface area (Å²) in [5.74, 6) is 0.612. The lowest BCUT2D eigenvalue weighted by Crippen LogP contribution is -2.28. The van der Waals surface area contributed by atoms with E-state index < -0.39 is 0 Å². The average molecular weight is 291 g/mol. The number of aromatic nitrogens is 1. The number of halogens is 2. The molecule has 3 heteroatoms. The van der Waals surface area contributed by atoms with E-state index in [1.54, 1.807) is 12.4 Å². The molecule has 0 aliphatic rings. The van der Waals surface area contributed by atoms with Crippen LogP contribution in [0.5, 0.6) is 0 Å². The fourth-order valence-electron chi connectivity index (χ4n) is 1.39. The van der Waals surface area contributed by atoms with Gasteiger partial charge in [-0.05, 0) is 29.4 Å². The first kappa shape index (κ1) is 13.0. The molecule has 1 heterocycles. The van der Waals surface area contributed by atoms with Crippen LogP contribution in [0.3, 0.4) is 0 Å². The number of rotatable bonds is 4. The van der Waals surface area contributed by atoms with Crippen LogP contribution in [0.4, 0.5) is 0 Å². The molecule has 84 valence electrons. The Labute approximate surface area is 105 Å². The second kappa shape index (κ2) is 5.31. The van der Waals surface area contributed by atoms with Crippen LogP contribution in [-0.2, 0) is 6.42 Å². The highest BCUT2D eigenvalue weighted by atomic mass is 79.9. The molecule has 1 unspecified atom stereocenters. The predicted molar refractivity (Wildman–Crippen MR) is 69.7 cm³/mol. The molecule has 0 bridgehead atoms. The first-order valence-corrected chi connectivity index (χ1v) is 6.64. The quantitative estimate of drug-likeness (QED) is 0.752. The van der Waals surface area contributed by atoms with E-state index in [-0.39, 0.29) is 5.41 Å². The van der Waals surface area contributed by atoms with Gasteiger partial charge in [-0.3, -0.25) is 4.98 Å². The molecule has 0 spiro atoms. The Bertz CT molecular complexity index is 327. The fraction of sp³-hybridized carbons (Fsp3) is 0.583. The zero-order chi connectivity index (χ0) is 11.5. The molecule has 0 radical (unpaired) electrons. The van der Waals surface area contributed by atoms with E-state index in [2.05, 4.69) is 41.7 Å². The molecule has 0 aliphatic carbocycles. The summed E-state index contributed by atoms with van der Waals surface area (Å²) in [6, 6.07) is 2.01. The van der Waals surface area contributed by atoms with Gasteiger partial charge < -0.3 is 0 Å². The van der Waals surface area contributed by atoms with Crippen LogP contribution >= 0.6 is 27.5 Å². The average Bonchev–Trinajstić information content (AvgIpc) is 2.21. The van der Waals surface area contributed by atoms with E-state index in [9.17, 15) is 0 Å². The van der Waals surface area contributed by atoms with Gasteiger partial charge in [0.2, 0.25) is 0 Å². The van der Waals surface area contributed by atoms with Crippen molar-refractivity contribution in [3.05, 3.63) is 29.0 Å². The fourth-order valence-corrected chi connectivity index (χ4v) is 2.42. The van der Waals surface area contributed by atoms with E-state index in [1.807, 2.05) is 6.07 Å². The molecule has 0 saturated carbocycles. The van der Waals surface area contributed by atoms with Gasteiger partial charge in [0.15, 0.2) is 0 Å². The molecule has 15 heavy (non-hydrogen) atoms. The highest BCUT2D eigenvalue weighted by Gasteiger charge is 2.28. The van der Waals surface area contributed by atoms with Crippen molar-refractivity contribution in [1.82, 2.24) is 4.98 Å². The van der Waals surface area contributed by atoms with Crippen molar-refractivity contribution >= 4 is 27.5 Å². The predicted octanol–water partition coefficient (Wildman–Crippen LogP) is 4.33. The normalized spacial score (nSPS) is 15.3. The van der Waals surface area contributed by atoms with Crippen LogP contribution in [0.25, 0.3) is 0 Å². The van der Waals surface area contributed by atoms with Crippen molar-refractivity contribution in [2.24, 2.45) is 11.3 Å². The lowest BCUT2D eigenvalue weighted by Gasteiger charge is -2.32. The maximum atomic E-state index is 6.11. The number of nitrogens with zero attached hydrogens (tertiary/aromatic N) is 1. The third-order valence-corrected chi connectivity index (χ3v) is 4.77. The van der Waals surface area contributed by atoms with Crippen LogP contribution in [-0.4, -0.2) is 10.3 Å². The van der Waals surface area contributed by atoms with Crippen LogP contribution in [0.1, 0.15) is 26.3 Å². The first-order valence-electron chi connectivity index (χ1n) is 5.14. The molecule has 0 aliphatic heterocycles. The minimum Gasteiger partial charge on any atom is -0.263 e. The molecule has 0 fully saturated rings. The summed E-state index contributed by atoms with van der Waals surface area (Å²) in [7, 11) is 0. The van der Waals surface area contributed by atoms with Crippen molar-refractivity contribution in [3.63, 3.8) is 0 Å². The van der Waals surface area contributed by atoms with Gasteiger partial charge in [0.05, 0.1) is 5.02 Å². The SMILES string of the molecule is CC(C)C(C)(CBr)Cc1ccncc1Cl. The Morgan fingerprint density at radius 2 is 2.20 bits per heavy atom. The maximum absolute atomic E-state index is 6.11. The molecular formula is C12H17BrClN. The molecule has 0 saturated heterocycles. The lowest BCUT2D eigenvalue weighted by molar-refractivity contribution is 0.258. The molecular weight excluding hydrogens is 273 g/mol. The number of alkyl halides is 1. The van der Waals surface area contributed by atoms with Crippen molar-refractivity contribution in [2.75, 3.05) is 5.33 Å². The summed E-state index contributed by atoms with van der Waals surface area (Å²) in [4.78, 5) is 4.00. The van der Waals surface area contributed by atoms with Crippen LogP contribution in [0.15, 0.2) is 18.5 Å². The molecule has 1 aromatic heterocycles. The number of pyridine rings is 1. The van der Waals surface area contributed by atoms with Crippen molar-refractivity contribution in [3.8, 4) is 0 Å². The number of hydrogen-bond donors (Lipinski definition) is 0. The van der Waals surface area contributed by atoms with E-state index in [0.717, 1.165) is 16.8 Å². The summed E-state index contributed by atoms with van der Waals surface area (Å²) in [5, 5.41) is 1.75. The van der Waals surface area contributed by atoms with E-state index in [1.165, 1.54) is 5.56 Å². The van der Waals surface area contributed by atoms with Gasteiger partial charge in [-0.1, -0.05) is 48.3 Å². The molecule has 0 aromatic carbocycles. The molecule has 1 nitrogen and oxygen atoms in total. The highest BCUT2D eigenvalue weighted by Crippen LogP contribution is 2.34. The molecule has 0 amide bonds. The lowest BCUT2D eigenvalue weighted by atomic mass is 9.76. The molecule has 0 N–H and O–H groups in total. The Morgan fingerprint density at radius 3 is 2.67 bits per heavy atom. The zero-order valence-electron chi connectivity index (χ0n) is 9.43. The summed E-state index contributed by atoms with van der Waals surface area (Å²) < 4.78 is 0. The molecule has 1 rings (SSSR count). The minimum atomic E-state index is 0.241. The van der Waals surface area contributed by atoms with Crippen LogP contribution < -0.4 is 0 Å². The van der Waals surface area contributed by atoms with Crippen molar-refractivity contribution < 1.29 is 0 Å². The Hall–Kier alpha value is -0.0800. The Kier molecular flexibility index (Phi) is 4.60. The van der Waals surface area contributed by atoms with Gasteiger partial charge in [-0.2, -0.15) is 0 Å². The molecule has 1 aromatic rings. The van der Waals surface area contributed by atoms with Gasteiger partial charge in [-0.15, -0.1) is 0 Å². The highest BCUT2D eigenvalue weighted by molar-refractivity contribution is 9.09. The summed E-state index contributed by atoms with van der Waals surface area (Å²) in [5.41, 5.74) is 1.42. The van der Waals surface area contributed by atoms with E-state index >= 15 is 0 Å². The van der Waals surface area contributed by atoms with Gasteiger partial charge in [-0.25, -0.2) is 0 Å². The van der Waals surface area contributed by atoms with Gasteiger partial charge in [0.25, 0.3) is 0 Å². The number of hydrogen-bond acceptors (Lipinski definition) is 1. The second-order valence-corrected chi connectivity index (χ2v) is 5.55. The molecule has 1 atom stereocenters. The van der Waals surface area contributed by atoms with E-state index in [4.69, 9.17) is 11.6 Å². The zero-order valence-corrected chi connectivity index (χ0v) is 11.8. The maximum Gasteiger partial charge on any atom is 0.0621 e. The smallest absolute Gasteiger partial charge is 0.0621 e. The van der Waals surface area contributed by atoms with E-state index in [0.29, 0.717) is 5.92 Å². The minimum absolute atomic E-state index is 0.241. The first-order chi connectivity index (χ1) is 6.99. The van der Waals surface area contributed by atoms with Gasteiger partial charge in [0, 0.05) is 17.7 Å². The second-order valence-electron chi connectivity index (χ2n) is 4.59. The summed E-state index contributed by atoms with van der Waals surface area (Å²) in [6.45, 7) is 6.77. The van der Waals surface area contributed by atoms with Crippen molar-refractivity contribution in [2.45, 2.75) is 27.2 Å². The van der Waals surface area contributed by atoms with Crippen LogP contribution in [0, 0.1) is 11.3 Å². The monoisotopic (exact) mass is 289 g/mol. The van der Waals surface area contributed by atoms with Crippen LogP contribution in [0.2, 0.25) is 5.02 Å². The Morgan fingerprint density at radius 1 is 1.53 bits per heavy atom. The standard InChI is InChI=1S/C12H17BrClN/c1-9(2)12(3,8-13)6-10-4-5-15-7-11(10)14/h4-5,7,9H,6,8H2,1-3H3. The topological polar surface area (TPSA) is 12.9 Å². The Balaban J connectivity index is 2.89. The largest absolute Gasteiger partial charge is 0.263 e. The third-order valence-electron chi connectivity index (χ3n) is 3.15. The van der Waals surface area contributed by atoms with Gasteiger partial charge in [0.1, 0.15) is 0 Å². The van der Waals surface area contributed by atoms with Crippen molar-refractivity contribution in [1.29, 1.82) is 0 Å². The third kappa shape index (κ3) is 3.18. The van der Waals surface area contributed by atoms with Gasteiger partial charge >= 0.3 is 0 Å². The summed E-state index contributed by atoms with van der Waals surface area (Å²) >= 11 is 9.71. The summed E-state index contributed by atoms with van der Waals surface area (Å²) in [6.07, 6.45) is 4.50.